The van der Waals surface area contributed by atoms with Gasteiger partial charge in [-0.25, -0.2) is 0 Å². The highest BCUT2D eigenvalue weighted by Crippen LogP contribution is 2.53. The molecule has 178 valence electrons. The summed E-state index contributed by atoms with van der Waals surface area (Å²) in [6.45, 7) is 1.94. The molecule has 0 amide bonds. The van der Waals surface area contributed by atoms with Crippen LogP contribution < -0.4 is 25.9 Å². The fourth-order valence-corrected chi connectivity index (χ4v) is 8.51. The Morgan fingerprint density at radius 3 is 1.06 bits per heavy atom. The lowest BCUT2D eigenvalue weighted by Crippen LogP contribution is -2.38. The van der Waals surface area contributed by atoms with Crippen LogP contribution in [0.1, 0.15) is 5.56 Å². The van der Waals surface area contributed by atoms with E-state index in [0.29, 0.717) is 5.75 Å². The minimum Gasteiger partial charge on any atom is -0.512 e. The molecule has 0 heterocycles. The van der Waals surface area contributed by atoms with E-state index in [0.717, 1.165) is 5.56 Å². The lowest BCUT2D eigenvalue weighted by Gasteiger charge is -2.27. The molecule has 5 aromatic rings. The Bertz CT molecular complexity index is 1150. The van der Waals surface area contributed by atoms with Crippen molar-refractivity contribution >= 4 is 35.8 Å². The lowest BCUT2D eigenvalue weighted by atomic mass is 10.2. The van der Waals surface area contributed by atoms with Crippen molar-refractivity contribution in [1.29, 1.82) is 0 Å². The molecular formula is C31H29BO3P+. The zero-order valence-electron chi connectivity index (χ0n) is 20.2. The summed E-state index contributed by atoms with van der Waals surface area (Å²) in [6, 6.07) is 50.8. The number of hydrogen-bond donors (Lipinski definition) is 2. The summed E-state index contributed by atoms with van der Waals surface area (Å²) in [7, 11) is -3.64. The smallest absolute Gasteiger partial charge is 0.512 e. The molecule has 2 N–H and O–H groups in total. The first-order chi connectivity index (χ1) is 17.6. The summed E-state index contributed by atoms with van der Waals surface area (Å²) in [4.78, 5) is 0. The van der Waals surface area contributed by atoms with E-state index in [-0.39, 0.29) is 0 Å². The minimum atomic E-state index is -1.91. The van der Waals surface area contributed by atoms with Crippen molar-refractivity contribution in [1.82, 2.24) is 0 Å². The highest BCUT2D eigenvalue weighted by atomic mass is 31.2. The van der Waals surface area contributed by atoms with Crippen LogP contribution in [0.4, 0.5) is 0 Å². The fraction of sp³-hybridized carbons (Fsp3) is 0.0323. The molecule has 5 rings (SSSR count). The van der Waals surface area contributed by atoms with Crippen LogP contribution in [-0.2, 0) is 0 Å². The zero-order valence-corrected chi connectivity index (χ0v) is 21.1. The number of aryl methyl sites for hydroxylation is 1. The molecule has 5 aromatic carbocycles. The summed E-state index contributed by atoms with van der Waals surface area (Å²) in [5.74, 6) is 0.450. The number of rotatable bonds is 6. The van der Waals surface area contributed by atoms with Gasteiger partial charge in [-0.1, -0.05) is 90.5 Å². The molecule has 0 fully saturated rings. The molecule has 0 aliphatic heterocycles. The van der Waals surface area contributed by atoms with Crippen molar-refractivity contribution in [2.45, 2.75) is 6.92 Å². The molecule has 36 heavy (non-hydrogen) atoms. The van der Waals surface area contributed by atoms with E-state index in [9.17, 15) is 0 Å². The van der Waals surface area contributed by atoms with Crippen molar-refractivity contribution in [2.75, 3.05) is 0 Å². The number of benzene rings is 5. The topological polar surface area (TPSA) is 49.7 Å². The van der Waals surface area contributed by atoms with Crippen molar-refractivity contribution in [3.8, 4) is 5.75 Å². The first-order valence-electron chi connectivity index (χ1n) is 11.8. The van der Waals surface area contributed by atoms with E-state index in [1.54, 1.807) is 12.1 Å². The van der Waals surface area contributed by atoms with Crippen LogP contribution in [0, 0.1) is 6.92 Å². The quantitative estimate of drug-likeness (QED) is 0.269. The van der Waals surface area contributed by atoms with Crippen LogP contribution in [-0.4, -0.2) is 17.4 Å². The minimum absolute atomic E-state index is 0.450. The molecule has 0 aromatic heterocycles. The first-order valence-corrected chi connectivity index (χ1v) is 13.6. The van der Waals surface area contributed by atoms with Gasteiger partial charge >= 0.3 is 7.32 Å². The Hall–Kier alpha value is -3.69. The SMILES string of the molecule is Cc1ccc(OB(O)O)cc1.c1ccc([P+](c2ccccc2)(c2ccccc2)c2ccccc2)cc1. The average molecular weight is 491 g/mol. The Morgan fingerprint density at radius 2 is 0.778 bits per heavy atom. The van der Waals surface area contributed by atoms with Crippen molar-refractivity contribution in [2.24, 2.45) is 0 Å². The Morgan fingerprint density at radius 1 is 0.472 bits per heavy atom. The molecule has 0 bridgehead atoms. The summed E-state index contributed by atoms with van der Waals surface area (Å²) < 4.78 is 4.58. The Kier molecular flexibility index (Phi) is 8.70. The number of hydrogen-bond acceptors (Lipinski definition) is 3. The predicted octanol–water partition coefficient (Wildman–Crippen LogP) is 4.65. The monoisotopic (exact) mass is 491 g/mol. The summed E-state index contributed by atoms with van der Waals surface area (Å²) in [6.07, 6.45) is 0. The van der Waals surface area contributed by atoms with Gasteiger partial charge in [-0.2, -0.15) is 0 Å². The third kappa shape index (κ3) is 5.92. The molecule has 3 nitrogen and oxygen atoms in total. The van der Waals surface area contributed by atoms with Gasteiger partial charge in [0.2, 0.25) is 0 Å². The van der Waals surface area contributed by atoms with Crippen molar-refractivity contribution < 1.29 is 14.7 Å². The van der Waals surface area contributed by atoms with E-state index in [4.69, 9.17) is 10.0 Å². The van der Waals surface area contributed by atoms with Crippen LogP contribution in [0.3, 0.4) is 0 Å². The second kappa shape index (κ2) is 12.3. The molecule has 0 unspecified atom stereocenters. The average Bonchev–Trinajstić information content (AvgIpc) is 2.93. The van der Waals surface area contributed by atoms with Crippen LogP contribution >= 0.6 is 7.26 Å². The van der Waals surface area contributed by atoms with Gasteiger partial charge in [0.15, 0.2) is 0 Å². The van der Waals surface area contributed by atoms with Crippen molar-refractivity contribution in [3.63, 3.8) is 0 Å². The molecule has 0 saturated carbocycles. The normalized spacial score (nSPS) is 10.6. The zero-order chi connectivity index (χ0) is 25.2. The second-order valence-corrected chi connectivity index (χ2v) is 11.7. The molecule has 0 radical (unpaired) electrons. The summed E-state index contributed by atoms with van der Waals surface area (Å²) >= 11 is 0. The van der Waals surface area contributed by atoms with Gasteiger partial charge in [-0.3, -0.25) is 0 Å². The lowest BCUT2D eigenvalue weighted by molar-refractivity contribution is 0.288. The maximum atomic E-state index is 8.41. The van der Waals surface area contributed by atoms with Gasteiger partial charge in [0.25, 0.3) is 0 Å². The van der Waals surface area contributed by atoms with Gasteiger partial charge in [-0.15, -0.1) is 0 Å². The van der Waals surface area contributed by atoms with Crippen LogP contribution in [0.5, 0.6) is 5.75 Å². The molecule has 5 heteroatoms. The van der Waals surface area contributed by atoms with Gasteiger partial charge in [0, 0.05) is 0 Å². The van der Waals surface area contributed by atoms with Crippen molar-refractivity contribution in [3.05, 3.63) is 151 Å². The maximum absolute atomic E-state index is 8.41. The largest absolute Gasteiger partial charge is 0.707 e. The second-order valence-electron chi connectivity index (χ2n) is 8.27. The molecule has 0 aliphatic carbocycles. The summed E-state index contributed by atoms with van der Waals surface area (Å²) in [5.41, 5.74) is 1.10. The third-order valence-corrected chi connectivity index (χ3v) is 10.1. The molecule has 0 saturated heterocycles. The van der Waals surface area contributed by atoms with E-state index < -0.39 is 14.6 Å². The third-order valence-electron chi connectivity index (χ3n) is 5.84. The van der Waals surface area contributed by atoms with Crippen LogP contribution in [0.15, 0.2) is 146 Å². The Balaban J connectivity index is 0.000000233. The highest BCUT2D eigenvalue weighted by molar-refractivity contribution is 8.01. The molecule has 0 atom stereocenters. The van der Waals surface area contributed by atoms with Gasteiger partial charge in [0.05, 0.1) is 0 Å². The molecule has 0 spiro atoms. The summed E-state index contributed by atoms with van der Waals surface area (Å²) in [5, 5.41) is 22.4. The molecular weight excluding hydrogens is 462 g/mol. The van der Waals surface area contributed by atoms with Gasteiger partial charge in [0.1, 0.15) is 34.2 Å². The maximum Gasteiger partial charge on any atom is 0.707 e. The van der Waals surface area contributed by atoms with E-state index >= 15 is 0 Å². The van der Waals surface area contributed by atoms with Crippen LogP contribution in [0.2, 0.25) is 0 Å². The van der Waals surface area contributed by atoms with Crippen LogP contribution in [0.25, 0.3) is 0 Å². The predicted molar refractivity (Wildman–Crippen MR) is 153 cm³/mol. The molecule has 0 aliphatic rings. The highest BCUT2D eigenvalue weighted by Gasteiger charge is 2.47. The standard InChI is InChI=1S/C24H20P.C7H9BO3/c1-5-13-21(14-6-1)25(22-15-7-2-8-16-22,23-17-9-3-10-18-23)24-19-11-4-12-20-24;1-6-2-4-7(5-3-6)11-8(9)10/h1-20H;2-5,9-10H,1H3/q+1;. The Labute approximate surface area is 214 Å². The fourth-order valence-electron chi connectivity index (χ4n) is 4.24. The van der Waals surface area contributed by atoms with E-state index in [1.165, 1.54) is 21.2 Å². The van der Waals surface area contributed by atoms with Gasteiger partial charge < -0.3 is 14.7 Å². The first kappa shape index (κ1) is 25.4. The van der Waals surface area contributed by atoms with Gasteiger partial charge in [-0.05, 0) is 67.6 Å². The van der Waals surface area contributed by atoms with E-state index in [1.807, 2.05) is 19.1 Å². The van der Waals surface area contributed by atoms with E-state index in [2.05, 4.69) is 126 Å².